The lowest BCUT2D eigenvalue weighted by molar-refractivity contribution is -0.116. The third-order valence-corrected chi connectivity index (χ3v) is 1.32. The number of hydrogen-bond acceptors (Lipinski definition) is 2. The summed E-state index contributed by atoms with van der Waals surface area (Å²) in [5, 5.41) is -0.314. The molecular weight excluding hydrogens is 202 g/mol. The largest absolute Gasteiger partial charge is 0.370 e. The Morgan fingerprint density at radius 1 is 1.29 bits per heavy atom. The maximum absolute atomic E-state index is 10.4. The first-order chi connectivity index (χ1) is 6.52. The van der Waals surface area contributed by atoms with E-state index in [1.807, 2.05) is 30.3 Å². The van der Waals surface area contributed by atoms with Crippen molar-refractivity contribution in [1.29, 1.82) is 0 Å². The summed E-state index contributed by atoms with van der Waals surface area (Å²) in [6, 6.07) is 9.42. The average Bonchev–Trinajstić information content (AvgIpc) is 2.03. The number of halogens is 1. The number of amides is 1. The van der Waals surface area contributed by atoms with Crippen molar-refractivity contribution < 1.29 is 9.59 Å². The number of rotatable bonds is 2. The van der Waals surface area contributed by atoms with Crippen LogP contribution in [0, 0.1) is 0 Å². The van der Waals surface area contributed by atoms with Gasteiger partial charge in [0.05, 0.1) is 0 Å². The topological polar surface area (TPSA) is 60.2 Å². The minimum absolute atomic E-state index is 0.314. The quantitative estimate of drug-likeness (QED) is 0.757. The number of carbonyl (C=O) groups is 2. The molecule has 1 aromatic rings. The Labute approximate surface area is 87.9 Å². The van der Waals surface area contributed by atoms with Gasteiger partial charge in [-0.2, -0.15) is 0 Å². The second-order valence-electron chi connectivity index (χ2n) is 2.63. The molecular formula is C10H12ClNO2. The molecule has 1 aromatic carbocycles. The molecule has 0 radical (unpaired) electrons. The fourth-order valence-corrected chi connectivity index (χ4v) is 0.911. The van der Waals surface area contributed by atoms with Crippen molar-refractivity contribution in [2.75, 3.05) is 0 Å². The van der Waals surface area contributed by atoms with E-state index in [-0.39, 0.29) is 11.1 Å². The molecule has 0 spiro atoms. The van der Waals surface area contributed by atoms with Crippen molar-refractivity contribution in [2.45, 2.75) is 13.3 Å². The maximum atomic E-state index is 10.4. The molecule has 3 nitrogen and oxygen atoms in total. The Balaban J connectivity index is 0.000000364. The van der Waals surface area contributed by atoms with E-state index in [0.717, 1.165) is 5.56 Å². The molecule has 0 aliphatic heterocycles. The number of primary amides is 1. The number of benzene rings is 1. The van der Waals surface area contributed by atoms with Gasteiger partial charge in [-0.25, -0.2) is 0 Å². The maximum Gasteiger partial charge on any atom is 0.226 e. The first kappa shape index (κ1) is 12.7. The van der Waals surface area contributed by atoms with Crippen LogP contribution >= 0.6 is 11.6 Å². The van der Waals surface area contributed by atoms with Crippen LogP contribution in [0.3, 0.4) is 0 Å². The summed E-state index contributed by atoms with van der Waals surface area (Å²) in [6.45, 7) is 1.31. The van der Waals surface area contributed by atoms with Crippen LogP contribution < -0.4 is 5.73 Å². The van der Waals surface area contributed by atoms with Gasteiger partial charge in [0.2, 0.25) is 11.1 Å². The molecule has 0 aliphatic rings. The number of hydrogen-bond donors (Lipinski definition) is 1. The number of carbonyl (C=O) groups excluding carboxylic acids is 2. The minimum atomic E-state index is -0.333. The highest BCUT2D eigenvalue weighted by Gasteiger charge is 1.95. The van der Waals surface area contributed by atoms with Crippen LogP contribution in [0.1, 0.15) is 12.5 Å². The van der Waals surface area contributed by atoms with Gasteiger partial charge in [-0.3, -0.25) is 9.59 Å². The Morgan fingerprint density at radius 2 is 1.71 bits per heavy atom. The zero-order valence-electron chi connectivity index (χ0n) is 7.87. The molecule has 76 valence electrons. The van der Waals surface area contributed by atoms with E-state index < -0.39 is 0 Å². The highest BCUT2D eigenvalue weighted by Crippen LogP contribution is 2.00. The molecule has 0 bridgehead atoms. The summed E-state index contributed by atoms with van der Waals surface area (Å²) in [6.07, 6.45) is 0.322. The van der Waals surface area contributed by atoms with Crippen molar-refractivity contribution >= 4 is 22.8 Å². The lowest BCUT2D eigenvalue weighted by Crippen LogP contribution is -2.01. The monoisotopic (exact) mass is 213 g/mol. The van der Waals surface area contributed by atoms with Crippen LogP contribution in [0.4, 0.5) is 0 Å². The zero-order chi connectivity index (χ0) is 11.0. The van der Waals surface area contributed by atoms with Crippen LogP contribution in [-0.4, -0.2) is 11.1 Å². The Bertz CT molecular complexity index is 294. The lowest BCUT2D eigenvalue weighted by Gasteiger charge is -1.92. The van der Waals surface area contributed by atoms with Crippen molar-refractivity contribution in [3.63, 3.8) is 0 Å². The Morgan fingerprint density at radius 3 is 2.07 bits per heavy atom. The van der Waals surface area contributed by atoms with Gasteiger partial charge >= 0.3 is 0 Å². The van der Waals surface area contributed by atoms with Crippen molar-refractivity contribution in [3.05, 3.63) is 35.9 Å². The second-order valence-corrected chi connectivity index (χ2v) is 3.05. The summed E-state index contributed by atoms with van der Waals surface area (Å²) in [5.74, 6) is -0.333. The van der Waals surface area contributed by atoms with Gasteiger partial charge in [-0.15, -0.1) is 0 Å². The molecule has 0 unspecified atom stereocenters. The molecule has 0 aliphatic carbocycles. The van der Waals surface area contributed by atoms with Crippen molar-refractivity contribution in [1.82, 2.24) is 0 Å². The molecule has 0 saturated heterocycles. The van der Waals surface area contributed by atoms with E-state index >= 15 is 0 Å². The molecule has 0 heterocycles. The van der Waals surface area contributed by atoms with Crippen LogP contribution in [0.15, 0.2) is 30.3 Å². The third-order valence-electron chi connectivity index (χ3n) is 1.19. The van der Waals surface area contributed by atoms with E-state index in [1.54, 1.807) is 0 Å². The summed E-state index contributed by atoms with van der Waals surface area (Å²) in [5.41, 5.74) is 5.43. The summed E-state index contributed by atoms with van der Waals surface area (Å²) in [4.78, 5) is 19.6. The zero-order valence-corrected chi connectivity index (χ0v) is 8.62. The normalized spacial score (nSPS) is 8.43. The fourth-order valence-electron chi connectivity index (χ4n) is 0.756. The third kappa shape index (κ3) is 8.74. The van der Waals surface area contributed by atoms with E-state index in [9.17, 15) is 9.59 Å². The van der Waals surface area contributed by atoms with Gasteiger partial charge in [0.1, 0.15) is 0 Å². The molecule has 14 heavy (non-hydrogen) atoms. The van der Waals surface area contributed by atoms with Crippen LogP contribution in [-0.2, 0) is 16.0 Å². The van der Waals surface area contributed by atoms with Crippen LogP contribution in [0.25, 0.3) is 0 Å². The molecule has 0 saturated carbocycles. The molecule has 1 rings (SSSR count). The predicted octanol–water partition coefficient (Wildman–Crippen LogP) is 1.49. The van der Waals surface area contributed by atoms with Crippen molar-refractivity contribution in [2.24, 2.45) is 5.73 Å². The van der Waals surface area contributed by atoms with Crippen LogP contribution in [0.2, 0.25) is 0 Å². The van der Waals surface area contributed by atoms with Gasteiger partial charge in [0.15, 0.2) is 0 Å². The molecule has 4 heteroatoms. The molecule has 0 atom stereocenters. The first-order valence-corrected chi connectivity index (χ1v) is 4.38. The SMILES string of the molecule is CC(N)=O.O=C(Cl)Cc1ccccc1. The van der Waals surface area contributed by atoms with E-state index in [4.69, 9.17) is 11.6 Å². The van der Waals surface area contributed by atoms with Crippen LogP contribution in [0.5, 0.6) is 0 Å². The number of nitrogens with two attached hydrogens (primary N) is 1. The van der Waals surface area contributed by atoms with E-state index in [0.29, 0.717) is 6.42 Å². The summed E-state index contributed by atoms with van der Waals surface area (Å²) >= 11 is 5.17. The molecule has 2 N–H and O–H groups in total. The second kappa shape index (κ2) is 7.09. The van der Waals surface area contributed by atoms with E-state index in [2.05, 4.69) is 5.73 Å². The highest BCUT2D eigenvalue weighted by atomic mass is 35.5. The molecule has 1 amide bonds. The van der Waals surface area contributed by atoms with Crippen molar-refractivity contribution in [3.8, 4) is 0 Å². The Kier molecular flexibility index (Phi) is 6.41. The van der Waals surface area contributed by atoms with Gasteiger partial charge in [-0.05, 0) is 17.2 Å². The molecule has 0 aromatic heterocycles. The summed E-state index contributed by atoms with van der Waals surface area (Å²) in [7, 11) is 0. The van der Waals surface area contributed by atoms with Gasteiger partial charge in [0.25, 0.3) is 0 Å². The highest BCUT2D eigenvalue weighted by molar-refractivity contribution is 6.63. The minimum Gasteiger partial charge on any atom is -0.370 e. The molecule has 0 fully saturated rings. The predicted molar refractivity (Wildman–Crippen MR) is 55.9 cm³/mol. The smallest absolute Gasteiger partial charge is 0.226 e. The summed E-state index contributed by atoms with van der Waals surface area (Å²) < 4.78 is 0. The average molecular weight is 214 g/mol. The van der Waals surface area contributed by atoms with Gasteiger partial charge in [0, 0.05) is 13.3 Å². The lowest BCUT2D eigenvalue weighted by atomic mass is 10.2. The van der Waals surface area contributed by atoms with E-state index in [1.165, 1.54) is 6.92 Å². The Hall–Kier alpha value is -1.35. The van der Waals surface area contributed by atoms with Gasteiger partial charge in [-0.1, -0.05) is 30.3 Å². The first-order valence-electron chi connectivity index (χ1n) is 4.00. The van der Waals surface area contributed by atoms with Gasteiger partial charge < -0.3 is 5.73 Å². The standard InChI is InChI=1S/C8H7ClO.C2H5NO/c9-8(10)6-7-4-2-1-3-5-7;1-2(3)4/h1-5H,6H2;1H3,(H2,3,4). The fraction of sp³-hybridized carbons (Fsp3) is 0.200.